The summed E-state index contributed by atoms with van der Waals surface area (Å²) >= 11 is 0. The van der Waals surface area contributed by atoms with Crippen molar-refractivity contribution in [2.45, 2.75) is 58.0 Å². The summed E-state index contributed by atoms with van der Waals surface area (Å²) in [5.41, 5.74) is -5.24. The molecular formula is C15H30F3IN4O2S. The first-order chi connectivity index (χ1) is 11.7. The molecule has 26 heavy (non-hydrogen) atoms. The largest absolute Gasteiger partial charge is 0.511 e. The van der Waals surface area contributed by atoms with Crippen molar-refractivity contribution in [3.8, 4) is 0 Å². The lowest BCUT2D eigenvalue weighted by Gasteiger charge is -2.32. The van der Waals surface area contributed by atoms with Crippen LogP contribution in [0.25, 0.3) is 0 Å². The van der Waals surface area contributed by atoms with E-state index >= 15 is 0 Å². The van der Waals surface area contributed by atoms with E-state index in [1.807, 2.05) is 6.92 Å². The first-order valence-electron chi connectivity index (χ1n) is 8.76. The van der Waals surface area contributed by atoms with Gasteiger partial charge in [0.05, 0.1) is 0 Å². The lowest BCUT2D eigenvalue weighted by Crippen LogP contribution is -2.51. The van der Waals surface area contributed by atoms with Gasteiger partial charge in [-0.3, -0.25) is 4.99 Å². The number of aliphatic imine (C=N–C) groups is 1. The van der Waals surface area contributed by atoms with Crippen molar-refractivity contribution in [3.05, 3.63) is 0 Å². The second-order valence-corrected chi connectivity index (χ2v) is 8.10. The molecule has 0 atom stereocenters. The van der Waals surface area contributed by atoms with Gasteiger partial charge in [-0.25, -0.2) is 8.42 Å². The van der Waals surface area contributed by atoms with Crippen LogP contribution in [-0.2, 0) is 10.0 Å². The zero-order chi connectivity index (χ0) is 19.1. The normalized spacial score (nSPS) is 17.9. The highest BCUT2D eigenvalue weighted by atomic mass is 127. The molecule has 6 nitrogen and oxygen atoms in total. The van der Waals surface area contributed by atoms with E-state index in [2.05, 4.69) is 29.5 Å². The van der Waals surface area contributed by atoms with Crippen molar-refractivity contribution < 1.29 is 21.6 Å². The van der Waals surface area contributed by atoms with E-state index < -0.39 is 15.5 Å². The Labute approximate surface area is 171 Å². The van der Waals surface area contributed by atoms with Gasteiger partial charge in [-0.1, -0.05) is 26.7 Å². The molecule has 0 aliphatic carbocycles. The Morgan fingerprint density at radius 3 is 2.15 bits per heavy atom. The number of sulfonamides is 1. The average Bonchev–Trinajstić information content (AvgIpc) is 2.55. The van der Waals surface area contributed by atoms with Gasteiger partial charge in [-0.05, 0) is 25.7 Å². The van der Waals surface area contributed by atoms with Crippen LogP contribution in [0.4, 0.5) is 13.2 Å². The molecule has 0 saturated carbocycles. The van der Waals surface area contributed by atoms with Crippen LogP contribution in [0.1, 0.15) is 46.5 Å². The number of hydrogen-bond donors (Lipinski definition) is 2. The number of piperidine rings is 1. The minimum absolute atomic E-state index is 0. The number of nitrogens with one attached hydrogen (secondary N) is 2. The zero-order valence-electron chi connectivity index (χ0n) is 15.5. The molecule has 0 aromatic heterocycles. The second kappa shape index (κ2) is 11.5. The third-order valence-corrected chi connectivity index (χ3v) is 6.06. The van der Waals surface area contributed by atoms with Crippen LogP contribution in [0.5, 0.6) is 0 Å². The molecule has 0 radical (unpaired) electrons. The van der Waals surface area contributed by atoms with Crippen molar-refractivity contribution >= 4 is 40.0 Å². The Balaban J connectivity index is 0.00000625. The quantitative estimate of drug-likeness (QED) is 0.312. The van der Waals surface area contributed by atoms with Crippen molar-refractivity contribution in [2.24, 2.45) is 10.9 Å². The van der Waals surface area contributed by atoms with E-state index in [-0.39, 0.29) is 43.1 Å². The minimum Gasteiger partial charge on any atom is -0.357 e. The number of guanidine groups is 1. The molecule has 0 bridgehead atoms. The predicted molar refractivity (Wildman–Crippen MR) is 108 cm³/mol. The molecule has 1 aliphatic heterocycles. The highest BCUT2D eigenvalue weighted by Gasteiger charge is 2.50. The van der Waals surface area contributed by atoms with E-state index in [1.165, 1.54) is 0 Å². The highest BCUT2D eigenvalue weighted by Crippen LogP contribution is 2.28. The molecule has 1 rings (SSSR count). The maximum atomic E-state index is 12.6. The van der Waals surface area contributed by atoms with E-state index in [4.69, 9.17) is 0 Å². The molecule has 0 aromatic rings. The molecule has 11 heteroatoms. The van der Waals surface area contributed by atoms with Gasteiger partial charge in [0.1, 0.15) is 0 Å². The van der Waals surface area contributed by atoms with E-state index in [9.17, 15) is 21.6 Å². The highest BCUT2D eigenvalue weighted by molar-refractivity contribution is 14.0. The molecule has 1 heterocycles. The molecular weight excluding hydrogens is 484 g/mol. The summed E-state index contributed by atoms with van der Waals surface area (Å²) in [7, 11) is -5.23. The molecule has 0 unspecified atom stereocenters. The Morgan fingerprint density at radius 1 is 1.19 bits per heavy atom. The Kier molecular flexibility index (Phi) is 11.4. The van der Waals surface area contributed by atoms with Crippen LogP contribution < -0.4 is 10.6 Å². The van der Waals surface area contributed by atoms with Gasteiger partial charge in [0.15, 0.2) is 5.96 Å². The molecule has 2 N–H and O–H groups in total. The Hall–Kier alpha value is -0.300. The summed E-state index contributed by atoms with van der Waals surface area (Å²) in [4.78, 5) is 4.54. The predicted octanol–water partition coefficient (Wildman–Crippen LogP) is 2.91. The van der Waals surface area contributed by atoms with Crippen LogP contribution >= 0.6 is 24.0 Å². The monoisotopic (exact) mass is 514 g/mol. The summed E-state index contributed by atoms with van der Waals surface area (Å²) in [6, 6.07) is -0.0980. The molecule has 1 aliphatic rings. The van der Waals surface area contributed by atoms with E-state index in [0.717, 1.165) is 12.8 Å². The van der Waals surface area contributed by atoms with Crippen LogP contribution in [0.15, 0.2) is 4.99 Å². The van der Waals surface area contributed by atoms with Gasteiger partial charge in [0, 0.05) is 32.2 Å². The van der Waals surface area contributed by atoms with Crippen LogP contribution in [0.2, 0.25) is 0 Å². The minimum atomic E-state index is -5.24. The van der Waals surface area contributed by atoms with E-state index in [0.29, 0.717) is 42.1 Å². The third kappa shape index (κ3) is 7.37. The van der Waals surface area contributed by atoms with Crippen molar-refractivity contribution in [3.63, 3.8) is 0 Å². The molecule has 156 valence electrons. The topological polar surface area (TPSA) is 73.8 Å². The van der Waals surface area contributed by atoms with Crippen molar-refractivity contribution in [1.29, 1.82) is 0 Å². The average molecular weight is 514 g/mol. The molecule has 0 aromatic carbocycles. The van der Waals surface area contributed by atoms with Gasteiger partial charge in [0.25, 0.3) is 0 Å². The smallest absolute Gasteiger partial charge is 0.357 e. The lowest BCUT2D eigenvalue weighted by atomic mass is 10.0. The number of alkyl halides is 3. The molecule has 1 saturated heterocycles. The van der Waals surface area contributed by atoms with Gasteiger partial charge in [0.2, 0.25) is 0 Å². The standard InChI is InChI=1S/C15H29F3N4O2S.HI/c1-4-12(5-2)11-20-14(19-6-3)21-13-7-9-22(10-8-13)25(23,24)15(16,17)18;/h12-13H,4-11H2,1-3H3,(H2,19,20,21);1H. The maximum absolute atomic E-state index is 12.6. The Morgan fingerprint density at radius 2 is 1.73 bits per heavy atom. The van der Waals surface area contributed by atoms with Crippen LogP contribution in [-0.4, -0.2) is 56.4 Å². The lowest BCUT2D eigenvalue weighted by molar-refractivity contribution is -0.0494. The fourth-order valence-corrected chi connectivity index (χ4v) is 3.65. The number of halogens is 4. The summed E-state index contributed by atoms with van der Waals surface area (Å²) < 4.78 is 61.1. The first-order valence-corrected chi connectivity index (χ1v) is 10.2. The second-order valence-electron chi connectivity index (χ2n) is 6.17. The fourth-order valence-electron chi connectivity index (χ4n) is 2.67. The van der Waals surface area contributed by atoms with Gasteiger partial charge >= 0.3 is 15.5 Å². The fraction of sp³-hybridized carbons (Fsp3) is 0.933. The van der Waals surface area contributed by atoms with Crippen molar-refractivity contribution in [2.75, 3.05) is 26.2 Å². The van der Waals surface area contributed by atoms with Crippen LogP contribution in [0.3, 0.4) is 0 Å². The third-order valence-electron chi connectivity index (χ3n) is 4.43. The zero-order valence-corrected chi connectivity index (χ0v) is 18.6. The molecule has 0 spiro atoms. The number of nitrogens with zero attached hydrogens (tertiary/aromatic N) is 2. The SMILES string of the molecule is CCNC(=NCC(CC)CC)NC1CCN(S(=O)(=O)C(F)(F)F)CC1.I. The van der Waals surface area contributed by atoms with Crippen molar-refractivity contribution in [1.82, 2.24) is 14.9 Å². The number of rotatable bonds is 7. The summed E-state index contributed by atoms with van der Waals surface area (Å²) in [6.45, 7) is 7.23. The summed E-state index contributed by atoms with van der Waals surface area (Å²) in [6.07, 6.45) is 2.69. The summed E-state index contributed by atoms with van der Waals surface area (Å²) in [5, 5.41) is 6.33. The molecule has 0 amide bonds. The van der Waals surface area contributed by atoms with Gasteiger partial charge in [-0.2, -0.15) is 17.5 Å². The summed E-state index contributed by atoms with van der Waals surface area (Å²) in [5.74, 6) is 1.13. The first kappa shape index (κ1) is 25.7. The van der Waals surface area contributed by atoms with Gasteiger partial charge in [-0.15, -0.1) is 24.0 Å². The maximum Gasteiger partial charge on any atom is 0.511 e. The Bertz CT molecular complexity index is 531. The number of hydrogen-bond acceptors (Lipinski definition) is 3. The molecule has 1 fully saturated rings. The van der Waals surface area contributed by atoms with Gasteiger partial charge < -0.3 is 10.6 Å². The van der Waals surface area contributed by atoms with Crippen LogP contribution in [0, 0.1) is 5.92 Å². The van der Waals surface area contributed by atoms with E-state index in [1.54, 1.807) is 0 Å².